The molecule has 112 valence electrons. The van der Waals surface area contributed by atoms with Crippen LogP contribution in [0.3, 0.4) is 0 Å². The Bertz CT molecular complexity index is 573. The Balaban J connectivity index is 2.25. The van der Waals surface area contributed by atoms with Crippen LogP contribution < -0.4 is 10.2 Å². The summed E-state index contributed by atoms with van der Waals surface area (Å²) in [6.45, 7) is 5.59. The lowest BCUT2D eigenvalue weighted by atomic mass is 9.81. The van der Waals surface area contributed by atoms with Crippen LogP contribution in [0.2, 0.25) is 0 Å². The summed E-state index contributed by atoms with van der Waals surface area (Å²) in [5.74, 6) is -0.505. The summed E-state index contributed by atoms with van der Waals surface area (Å²) in [6, 6.07) is 6.82. The van der Waals surface area contributed by atoms with Crippen molar-refractivity contribution in [2.75, 3.05) is 10.2 Å². The zero-order valence-electron chi connectivity index (χ0n) is 12.6. The van der Waals surface area contributed by atoms with Gasteiger partial charge >= 0.3 is 0 Å². The molecule has 1 aliphatic heterocycles. The van der Waals surface area contributed by atoms with E-state index in [4.69, 9.17) is 0 Å². The number of carbonyl (C=O) groups is 3. The molecule has 21 heavy (non-hydrogen) atoms. The van der Waals surface area contributed by atoms with Gasteiger partial charge in [-0.1, -0.05) is 26.8 Å². The van der Waals surface area contributed by atoms with Gasteiger partial charge in [0.25, 0.3) is 0 Å². The lowest BCUT2D eigenvalue weighted by Gasteiger charge is -2.34. The third-order valence-corrected chi connectivity index (χ3v) is 3.47. The van der Waals surface area contributed by atoms with Crippen LogP contribution in [0.4, 0.5) is 11.4 Å². The Labute approximate surface area is 124 Å². The highest BCUT2D eigenvalue weighted by Crippen LogP contribution is 2.34. The molecule has 1 fully saturated rings. The molecule has 1 aromatic carbocycles. The molecule has 0 bridgehead atoms. The summed E-state index contributed by atoms with van der Waals surface area (Å²) < 4.78 is 0. The van der Waals surface area contributed by atoms with Gasteiger partial charge in [-0.3, -0.25) is 19.3 Å². The minimum Gasteiger partial charge on any atom is -0.326 e. The van der Waals surface area contributed by atoms with Gasteiger partial charge in [0.2, 0.25) is 17.7 Å². The summed E-state index contributed by atoms with van der Waals surface area (Å²) in [7, 11) is 0. The van der Waals surface area contributed by atoms with Gasteiger partial charge in [-0.2, -0.15) is 0 Å². The monoisotopic (exact) mass is 288 g/mol. The second-order valence-electron chi connectivity index (χ2n) is 6.09. The lowest BCUT2D eigenvalue weighted by Crippen LogP contribution is -2.46. The summed E-state index contributed by atoms with van der Waals surface area (Å²) in [4.78, 5) is 37.1. The first-order chi connectivity index (χ1) is 9.82. The third kappa shape index (κ3) is 3.48. The lowest BCUT2D eigenvalue weighted by molar-refractivity contribution is -0.132. The number of carbonyl (C=O) groups excluding carboxylic acids is 3. The zero-order valence-corrected chi connectivity index (χ0v) is 12.6. The molecule has 1 heterocycles. The Morgan fingerprint density at radius 1 is 1.24 bits per heavy atom. The van der Waals surface area contributed by atoms with Gasteiger partial charge in [-0.25, -0.2) is 0 Å². The number of benzene rings is 1. The molecule has 1 aliphatic rings. The molecule has 0 atom stereocenters. The van der Waals surface area contributed by atoms with Gasteiger partial charge < -0.3 is 5.32 Å². The normalized spacial score (nSPS) is 17.8. The van der Waals surface area contributed by atoms with Crippen molar-refractivity contribution in [3.63, 3.8) is 0 Å². The van der Waals surface area contributed by atoms with Crippen molar-refractivity contribution in [3.8, 4) is 0 Å². The average Bonchev–Trinajstić information content (AvgIpc) is 2.36. The predicted molar refractivity (Wildman–Crippen MR) is 80.9 cm³/mol. The molecule has 0 saturated carbocycles. The fourth-order valence-corrected chi connectivity index (χ4v) is 2.44. The van der Waals surface area contributed by atoms with E-state index < -0.39 is 0 Å². The summed E-state index contributed by atoms with van der Waals surface area (Å²) in [5.41, 5.74) is 0.804. The first kappa shape index (κ1) is 15.2. The second-order valence-corrected chi connectivity index (χ2v) is 6.09. The number of hydrogen-bond donors (Lipinski definition) is 1. The van der Waals surface area contributed by atoms with Crippen molar-refractivity contribution in [2.45, 2.75) is 40.0 Å². The Kier molecular flexibility index (Phi) is 4.11. The van der Waals surface area contributed by atoms with Crippen LogP contribution >= 0.6 is 0 Å². The van der Waals surface area contributed by atoms with Crippen LogP contribution in [0, 0.1) is 5.41 Å². The molecule has 2 rings (SSSR count). The maximum atomic E-state index is 12.2. The molecular formula is C16H20N2O3. The first-order valence-corrected chi connectivity index (χ1v) is 7.08. The maximum Gasteiger partial charge on any atom is 0.234 e. The largest absolute Gasteiger partial charge is 0.326 e. The van der Waals surface area contributed by atoms with Gasteiger partial charge in [-0.05, 0) is 23.6 Å². The van der Waals surface area contributed by atoms with Crippen LogP contribution in [0.25, 0.3) is 0 Å². The standard InChI is InChI=1S/C16H20N2O3/c1-4-13(19)17-11-6-5-7-12(8-11)18-14(20)9-16(2,3)10-15(18)21/h5-8H,4,9-10H2,1-3H3,(H,17,19). The molecular weight excluding hydrogens is 268 g/mol. The van der Waals surface area contributed by atoms with Crippen molar-refractivity contribution in [1.29, 1.82) is 0 Å². The van der Waals surface area contributed by atoms with Crippen molar-refractivity contribution in [3.05, 3.63) is 24.3 Å². The number of rotatable bonds is 3. The highest BCUT2D eigenvalue weighted by molar-refractivity contribution is 6.17. The minimum absolute atomic E-state index is 0.107. The van der Waals surface area contributed by atoms with Crippen LogP contribution in [0.5, 0.6) is 0 Å². The molecule has 3 amide bonds. The predicted octanol–water partition coefficient (Wildman–Crippen LogP) is 2.71. The SMILES string of the molecule is CCC(=O)Nc1cccc(N2C(=O)CC(C)(C)CC2=O)c1. The summed E-state index contributed by atoms with van der Waals surface area (Å²) >= 11 is 0. The van der Waals surface area contributed by atoms with Crippen LogP contribution in [-0.4, -0.2) is 17.7 Å². The van der Waals surface area contributed by atoms with E-state index in [0.717, 1.165) is 0 Å². The summed E-state index contributed by atoms with van der Waals surface area (Å²) in [6.07, 6.45) is 1.05. The number of piperidine rings is 1. The zero-order chi connectivity index (χ0) is 15.6. The van der Waals surface area contributed by atoms with E-state index in [1.165, 1.54) is 4.90 Å². The van der Waals surface area contributed by atoms with E-state index in [1.807, 2.05) is 13.8 Å². The second kappa shape index (κ2) is 5.68. The van der Waals surface area contributed by atoms with Crippen LogP contribution in [0.1, 0.15) is 40.0 Å². The number of anilines is 2. The van der Waals surface area contributed by atoms with Gasteiger partial charge in [0, 0.05) is 24.9 Å². The topological polar surface area (TPSA) is 66.5 Å². The van der Waals surface area contributed by atoms with Gasteiger partial charge in [0.15, 0.2) is 0 Å². The van der Waals surface area contributed by atoms with Crippen molar-refractivity contribution in [1.82, 2.24) is 0 Å². The molecule has 1 saturated heterocycles. The third-order valence-electron chi connectivity index (χ3n) is 3.47. The molecule has 5 nitrogen and oxygen atoms in total. The summed E-state index contributed by atoms with van der Waals surface area (Å²) in [5, 5.41) is 2.73. The van der Waals surface area contributed by atoms with Crippen molar-refractivity contribution < 1.29 is 14.4 Å². The molecule has 1 aromatic rings. The Morgan fingerprint density at radius 3 is 2.43 bits per heavy atom. The fourth-order valence-electron chi connectivity index (χ4n) is 2.44. The highest BCUT2D eigenvalue weighted by atomic mass is 16.2. The Morgan fingerprint density at radius 2 is 1.86 bits per heavy atom. The molecule has 0 spiro atoms. The molecule has 1 N–H and O–H groups in total. The van der Waals surface area contributed by atoms with Gasteiger partial charge in [0.1, 0.15) is 0 Å². The van der Waals surface area contributed by atoms with Gasteiger partial charge in [0.05, 0.1) is 5.69 Å². The minimum atomic E-state index is -0.293. The average molecular weight is 288 g/mol. The number of imide groups is 1. The number of nitrogens with zero attached hydrogens (tertiary/aromatic N) is 1. The number of nitrogens with one attached hydrogen (secondary N) is 1. The van der Waals surface area contributed by atoms with Crippen molar-refractivity contribution >= 4 is 29.1 Å². The molecule has 5 heteroatoms. The van der Waals surface area contributed by atoms with Gasteiger partial charge in [-0.15, -0.1) is 0 Å². The quantitative estimate of drug-likeness (QED) is 0.870. The van der Waals surface area contributed by atoms with Crippen molar-refractivity contribution in [2.24, 2.45) is 5.41 Å². The van der Waals surface area contributed by atoms with Crippen LogP contribution in [-0.2, 0) is 14.4 Å². The first-order valence-electron chi connectivity index (χ1n) is 7.08. The number of amides is 3. The van der Waals surface area contributed by atoms with E-state index in [1.54, 1.807) is 31.2 Å². The molecule has 0 radical (unpaired) electrons. The van der Waals surface area contributed by atoms with Crippen LogP contribution in [0.15, 0.2) is 24.3 Å². The number of hydrogen-bond acceptors (Lipinski definition) is 3. The fraction of sp³-hybridized carbons (Fsp3) is 0.438. The smallest absolute Gasteiger partial charge is 0.234 e. The highest BCUT2D eigenvalue weighted by Gasteiger charge is 2.38. The molecule has 0 aromatic heterocycles. The molecule has 0 unspecified atom stereocenters. The van der Waals surface area contributed by atoms with E-state index >= 15 is 0 Å². The maximum absolute atomic E-state index is 12.2. The van der Waals surface area contributed by atoms with E-state index in [0.29, 0.717) is 30.6 Å². The van der Waals surface area contributed by atoms with E-state index in [2.05, 4.69) is 5.32 Å². The van der Waals surface area contributed by atoms with E-state index in [9.17, 15) is 14.4 Å². The Hall–Kier alpha value is -2.17. The molecule has 0 aliphatic carbocycles. The van der Waals surface area contributed by atoms with E-state index in [-0.39, 0.29) is 23.1 Å².